The first-order valence-corrected chi connectivity index (χ1v) is 14.8. The van der Waals surface area contributed by atoms with Crippen molar-refractivity contribution in [2.24, 2.45) is 0 Å². The molecule has 1 aliphatic rings. The minimum atomic E-state index is -3.72. The molecule has 1 aliphatic heterocycles. The van der Waals surface area contributed by atoms with Gasteiger partial charge in [0.2, 0.25) is 10.0 Å². The number of hydrogen-bond donors (Lipinski definition) is 1. The van der Waals surface area contributed by atoms with Gasteiger partial charge in [-0.1, -0.05) is 12.1 Å². The molecule has 0 saturated carbocycles. The Balaban J connectivity index is 1.54. The van der Waals surface area contributed by atoms with Gasteiger partial charge >= 0.3 is 0 Å². The zero-order valence-electron chi connectivity index (χ0n) is 22.9. The molecule has 42 heavy (non-hydrogen) atoms. The van der Waals surface area contributed by atoms with Gasteiger partial charge < -0.3 is 14.6 Å². The molecule has 3 aromatic carbocycles. The summed E-state index contributed by atoms with van der Waals surface area (Å²) in [5, 5.41) is 11.5. The van der Waals surface area contributed by atoms with Crippen LogP contribution in [0.2, 0.25) is 0 Å². The summed E-state index contributed by atoms with van der Waals surface area (Å²) in [5.41, 5.74) is 3.63. The maximum Gasteiger partial charge on any atom is 0.255 e. The number of benzene rings is 3. The first kappa shape index (κ1) is 27.3. The van der Waals surface area contributed by atoms with Crippen LogP contribution in [-0.4, -0.2) is 44.9 Å². The molecule has 1 N–H and O–H groups in total. The summed E-state index contributed by atoms with van der Waals surface area (Å²) in [5.74, 6) is -0.490. The molecule has 0 radical (unpaired) electrons. The molecule has 0 unspecified atom stereocenters. The van der Waals surface area contributed by atoms with Gasteiger partial charge in [0.1, 0.15) is 23.0 Å². The molecule has 5 aromatic rings. The molecule has 0 atom stereocenters. The first-order valence-electron chi connectivity index (χ1n) is 12.9. The number of sulfonamides is 1. The van der Waals surface area contributed by atoms with Crippen LogP contribution in [0.3, 0.4) is 0 Å². The highest BCUT2D eigenvalue weighted by Gasteiger charge is 2.27. The number of rotatable bonds is 6. The summed E-state index contributed by atoms with van der Waals surface area (Å²) in [4.78, 5) is 15.0. The largest absolute Gasteiger partial charge is 0.455 e. The monoisotopic (exact) mass is 589 g/mol. The third-order valence-corrected chi connectivity index (χ3v) is 8.60. The fraction of sp³-hybridized carbons (Fsp3) is 0.167. The number of nitrogens with one attached hydrogen (secondary N) is 1. The van der Waals surface area contributed by atoms with Crippen LogP contribution in [0.5, 0.6) is 0 Å². The molecule has 3 heterocycles. The molecule has 214 valence electrons. The number of hydrogen-bond acceptors (Lipinski definition) is 7. The first-order chi connectivity index (χ1) is 20.0. The number of carbonyl (C=O) groups excluding carboxylic acids is 1. The molecule has 1 amide bonds. The van der Waals surface area contributed by atoms with Crippen LogP contribution in [-0.2, 0) is 23.1 Å². The minimum Gasteiger partial charge on any atom is -0.455 e. The molecule has 12 heteroatoms. The van der Waals surface area contributed by atoms with Gasteiger partial charge in [0, 0.05) is 60.9 Å². The van der Waals surface area contributed by atoms with E-state index in [4.69, 9.17) is 4.42 Å². The molecular formula is C30H25F2N5O4S. The maximum atomic E-state index is 14.4. The summed E-state index contributed by atoms with van der Waals surface area (Å²) >= 11 is 0. The van der Waals surface area contributed by atoms with Crippen molar-refractivity contribution in [2.45, 2.75) is 13.1 Å². The number of aromatic nitrogens is 2. The molecule has 0 aliphatic carbocycles. The van der Waals surface area contributed by atoms with E-state index in [2.05, 4.69) is 15.5 Å². The molecule has 0 fully saturated rings. The molecule has 0 spiro atoms. The van der Waals surface area contributed by atoms with E-state index >= 15 is 0 Å². The number of nitrogens with zero attached hydrogens (tertiary/aromatic N) is 4. The van der Waals surface area contributed by atoms with Gasteiger partial charge in [-0.3, -0.25) is 9.10 Å². The minimum absolute atomic E-state index is 0.208. The van der Waals surface area contributed by atoms with Crippen LogP contribution in [0, 0.1) is 11.6 Å². The molecule has 0 bridgehead atoms. The lowest BCUT2D eigenvalue weighted by Crippen LogP contribution is -2.25. The van der Waals surface area contributed by atoms with Crippen LogP contribution in [0.25, 0.3) is 33.4 Å². The summed E-state index contributed by atoms with van der Waals surface area (Å²) in [7, 11) is -0.821. The van der Waals surface area contributed by atoms with Crippen LogP contribution >= 0.6 is 0 Å². The molecule has 6 rings (SSSR count). The number of amides is 1. The van der Waals surface area contributed by atoms with Crippen molar-refractivity contribution in [1.82, 2.24) is 15.5 Å². The van der Waals surface area contributed by atoms with Crippen molar-refractivity contribution in [3.8, 4) is 22.5 Å². The smallest absolute Gasteiger partial charge is 0.255 e. The van der Waals surface area contributed by atoms with E-state index in [0.29, 0.717) is 46.5 Å². The van der Waals surface area contributed by atoms with E-state index < -0.39 is 21.7 Å². The Bertz CT molecular complexity index is 1980. The second-order valence-electron chi connectivity index (χ2n) is 10.0. The Morgan fingerprint density at radius 2 is 1.81 bits per heavy atom. The highest BCUT2D eigenvalue weighted by molar-refractivity contribution is 7.92. The fourth-order valence-electron chi connectivity index (χ4n) is 5.16. The Labute approximate surface area is 240 Å². The quantitative estimate of drug-likeness (QED) is 0.293. The summed E-state index contributed by atoms with van der Waals surface area (Å²) in [6.07, 6.45) is 2.57. The molecule has 0 saturated heterocycles. The van der Waals surface area contributed by atoms with Gasteiger partial charge in [-0.05, 0) is 48.0 Å². The predicted octanol–water partition coefficient (Wildman–Crippen LogP) is 5.11. The van der Waals surface area contributed by atoms with Crippen LogP contribution in [0.1, 0.15) is 21.5 Å². The van der Waals surface area contributed by atoms with E-state index in [9.17, 15) is 22.0 Å². The lowest BCUT2D eigenvalue weighted by Gasteiger charge is -2.21. The number of carbonyl (C=O) groups is 1. The van der Waals surface area contributed by atoms with Gasteiger partial charge in [-0.25, -0.2) is 17.2 Å². The van der Waals surface area contributed by atoms with E-state index in [1.165, 1.54) is 50.6 Å². The lowest BCUT2D eigenvalue weighted by molar-refractivity contribution is 0.0964. The van der Waals surface area contributed by atoms with Crippen molar-refractivity contribution in [1.29, 1.82) is 0 Å². The van der Waals surface area contributed by atoms with Crippen molar-refractivity contribution in [3.05, 3.63) is 95.2 Å². The fourth-order valence-corrected chi connectivity index (χ4v) is 5.67. The predicted molar refractivity (Wildman–Crippen MR) is 156 cm³/mol. The van der Waals surface area contributed by atoms with Crippen molar-refractivity contribution in [2.75, 3.05) is 29.6 Å². The zero-order valence-corrected chi connectivity index (χ0v) is 23.7. The van der Waals surface area contributed by atoms with Gasteiger partial charge in [0.25, 0.3) is 5.91 Å². The Morgan fingerprint density at radius 3 is 2.50 bits per heavy atom. The SMILES string of the molecule is CNC(=O)c1c(-c2ccc(F)cc2)oc2cc(N(C)S(C)(=O)=O)c(-c3cnnc(N4Cc5cccc(F)c5C4)c3)cc12. The normalized spacial score (nSPS) is 12.9. The highest BCUT2D eigenvalue weighted by atomic mass is 32.2. The van der Waals surface area contributed by atoms with Crippen LogP contribution in [0.15, 0.2) is 71.3 Å². The highest BCUT2D eigenvalue weighted by Crippen LogP contribution is 2.42. The summed E-state index contributed by atoms with van der Waals surface area (Å²) in [6.45, 7) is 0.739. The van der Waals surface area contributed by atoms with Crippen molar-refractivity contribution in [3.63, 3.8) is 0 Å². The summed E-state index contributed by atoms with van der Waals surface area (Å²) < 4.78 is 60.7. The molecule has 2 aromatic heterocycles. The topological polar surface area (TPSA) is 109 Å². The molecular weight excluding hydrogens is 564 g/mol. The number of fused-ring (bicyclic) bond motifs is 2. The Kier molecular flexibility index (Phi) is 6.65. The average molecular weight is 590 g/mol. The maximum absolute atomic E-state index is 14.4. The van der Waals surface area contributed by atoms with E-state index in [1.54, 1.807) is 24.3 Å². The Hall–Kier alpha value is -4.84. The molecule has 9 nitrogen and oxygen atoms in total. The van der Waals surface area contributed by atoms with Crippen LogP contribution in [0.4, 0.5) is 20.3 Å². The van der Waals surface area contributed by atoms with Gasteiger partial charge in [0.05, 0.1) is 23.7 Å². The van der Waals surface area contributed by atoms with Crippen molar-refractivity contribution >= 4 is 38.4 Å². The van der Waals surface area contributed by atoms with E-state index in [1.807, 2.05) is 11.0 Å². The number of halogens is 2. The number of furan rings is 1. The Morgan fingerprint density at radius 1 is 1.05 bits per heavy atom. The van der Waals surface area contributed by atoms with E-state index in [-0.39, 0.29) is 28.4 Å². The zero-order chi connectivity index (χ0) is 29.8. The van der Waals surface area contributed by atoms with Gasteiger partial charge in [-0.2, -0.15) is 5.10 Å². The summed E-state index contributed by atoms with van der Waals surface area (Å²) in [6, 6.07) is 15.4. The van der Waals surface area contributed by atoms with Crippen molar-refractivity contribution < 1.29 is 26.4 Å². The second-order valence-corrected chi connectivity index (χ2v) is 12.0. The third-order valence-electron chi connectivity index (χ3n) is 7.41. The van der Waals surface area contributed by atoms with Gasteiger partial charge in [0.15, 0.2) is 5.82 Å². The standard InChI is InChI=1S/C30H25F2N5O4S/c1-33-30(38)28-22-12-21(19-11-27(35-34-14-19)37-15-18-5-4-6-24(32)23(18)16-37)25(36(2)42(3,39)40)13-26(22)41-29(28)17-7-9-20(31)10-8-17/h4-14H,15-16H2,1-3H3,(H,33,38). The van der Waals surface area contributed by atoms with Crippen LogP contribution < -0.4 is 14.5 Å². The second kappa shape index (κ2) is 10.2. The third kappa shape index (κ3) is 4.73. The average Bonchev–Trinajstić information content (AvgIpc) is 3.58. The number of anilines is 2. The van der Waals surface area contributed by atoms with Gasteiger partial charge in [-0.15, -0.1) is 5.10 Å². The lowest BCUT2D eigenvalue weighted by atomic mass is 9.99. The van der Waals surface area contributed by atoms with E-state index in [0.717, 1.165) is 16.1 Å².